The second kappa shape index (κ2) is 6.22. The molecule has 17 heavy (non-hydrogen) atoms. The van der Waals surface area contributed by atoms with Gasteiger partial charge in [-0.15, -0.1) is 12.4 Å². The van der Waals surface area contributed by atoms with Crippen LogP contribution >= 0.6 is 12.4 Å². The van der Waals surface area contributed by atoms with E-state index in [0.29, 0.717) is 11.7 Å². The van der Waals surface area contributed by atoms with Crippen LogP contribution in [-0.4, -0.2) is 10.1 Å². The van der Waals surface area contributed by atoms with Gasteiger partial charge in [0.2, 0.25) is 11.7 Å². The van der Waals surface area contributed by atoms with Crippen LogP contribution in [0, 0.1) is 0 Å². The Morgan fingerprint density at radius 3 is 2.65 bits per heavy atom. The van der Waals surface area contributed by atoms with Crippen molar-refractivity contribution in [1.82, 2.24) is 10.1 Å². The molecular formula is C11H14ClN3O2. The Bertz CT molecular complexity index is 445. The van der Waals surface area contributed by atoms with E-state index in [9.17, 15) is 0 Å². The minimum Gasteiger partial charge on any atom is -0.485 e. The molecule has 0 fully saturated rings. The minimum atomic E-state index is -0.252. The average molecular weight is 256 g/mol. The van der Waals surface area contributed by atoms with E-state index < -0.39 is 0 Å². The largest absolute Gasteiger partial charge is 0.485 e. The number of para-hydroxylation sites is 1. The van der Waals surface area contributed by atoms with Crippen LogP contribution in [0.4, 0.5) is 0 Å². The Morgan fingerprint density at radius 1 is 1.35 bits per heavy atom. The Kier molecular flexibility index (Phi) is 4.93. The number of nitrogens with two attached hydrogens (primary N) is 1. The first kappa shape index (κ1) is 13.5. The zero-order valence-electron chi connectivity index (χ0n) is 9.37. The van der Waals surface area contributed by atoms with Gasteiger partial charge in [0, 0.05) is 0 Å². The van der Waals surface area contributed by atoms with Gasteiger partial charge in [0.25, 0.3) is 0 Å². The first-order valence-corrected chi connectivity index (χ1v) is 5.01. The van der Waals surface area contributed by atoms with Gasteiger partial charge in [0.15, 0.2) is 6.61 Å². The van der Waals surface area contributed by atoms with Crippen molar-refractivity contribution in [1.29, 1.82) is 0 Å². The summed E-state index contributed by atoms with van der Waals surface area (Å²) in [6.45, 7) is 2.07. The zero-order valence-corrected chi connectivity index (χ0v) is 10.2. The van der Waals surface area contributed by atoms with E-state index in [0.717, 1.165) is 5.75 Å². The van der Waals surface area contributed by atoms with Gasteiger partial charge >= 0.3 is 0 Å². The molecule has 2 N–H and O–H groups in total. The number of ether oxygens (including phenoxy) is 1. The number of hydrogen-bond donors (Lipinski definition) is 1. The van der Waals surface area contributed by atoms with Crippen molar-refractivity contribution in [2.24, 2.45) is 5.73 Å². The van der Waals surface area contributed by atoms with Crippen molar-refractivity contribution in [2.75, 3.05) is 0 Å². The van der Waals surface area contributed by atoms with Crippen LogP contribution in [0.25, 0.3) is 0 Å². The van der Waals surface area contributed by atoms with Gasteiger partial charge in [-0.3, -0.25) is 0 Å². The van der Waals surface area contributed by atoms with Crippen LogP contribution in [0.15, 0.2) is 34.9 Å². The zero-order chi connectivity index (χ0) is 11.4. The number of halogens is 1. The molecule has 1 aromatic heterocycles. The van der Waals surface area contributed by atoms with Crippen LogP contribution < -0.4 is 10.5 Å². The SMILES string of the molecule is C[C@H](N)c1nc(COc2ccccc2)no1.Cl. The first-order chi connectivity index (χ1) is 7.75. The molecule has 1 atom stereocenters. The van der Waals surface area contributed by atoms with E-state index in [1.807, 2.05) is 30.3 Å². The molecule has 0 aliphatic carbocycles. The highest BCUT2D eigenvalue weighted by molar-refractivity contribution is 5.85. The van der Waals surface area contributed by atoms with Gasteiger partial charge in [0.1, 0.15) is 5.75 Å². The van der Waals surface area contributed by atoms with E-state index in [-0.39, 0.29) is 25.1 Å². The lowest BCUT2D eigenvalue weighted by atomic mass is 10.3. The molecule has 1 heterocycles. The van der Waals surface area contributed by atoms with Crippen molar-refractivity contribution in [3.63, 3.8) is 0 Å². The molecule has 0 amide bonds. The van der Waals surface area contributed by atoms with E-state index in [1.165, 1.54) is 0 Å². The number of benzene rings is 1. The Balaban J connectivity index is 0.00000144. The average Bonchev–Trinajstić information content (AvgIpc) is 2.76. The van der Waals surface area contributed by atoms with Crippen molar-refractivity contribution in [3.05, 3.63) is 42.0 Å². The minimum absolute atomic E-state index is 0. The Labute approximate surface area is 105 Å². The molecule has 5 nitrogen and oxygen atoms in total. The molecule has 0 saturated carbocycles. The van der Waals surface area contributed by atoms with Crippen LogP contribution in [0.2, 0.25) is 0 Å². The predicted octanol–water partition coefficient (Wildman–Crippen LogP) is 2.09. The smallest absolute Gasteiger partial charge is 0.243 e. The van der Waals surface area contributed by atoms with E-state index in [2.05, 4.69) is 10.1 Å². The molecule has 6 heteroatoms. The summed E-state index contributed by atoms with van der Waals surface area (Å²) >= 11 is 0. The third-order valence-corrected chi connectivity index (χ3v) is 1.98. The van der Waals surface area contributed by atoms with Gasteiger partial charge in [-0.2, -0.15) is 4.98 Å². The van der Waals surface area contributed by atoms with Crippen LogP contribution in [-0.2, 0) is 6.61 Å². The third-order valence-electron chi connectivity index (χ3n) is 1.98. The first-order valence-electron chi connectivity index (χ1n) is 5.01. The fraction of sp³-hybridized carbons (Fsp3) is 0.273. The number of hydrogen-bond acceptors (Lipinski definition) is 5. The summed E-state index contributed by atoms with van der Waals surface area (Å²) in [5, 5.41) is 3.76. The number of aromatic nitrogens is 2. The maximum Gasteiger partial charge on any atom is 0.243 e. The van der Waals surface area contributed by atoms with E-state index in [1.54, 1.807) is 6.92 Å². The molecular weight excluding hydrogens is 242 g/mol. The molecule has 0 aliphatic rings. The van der Waals surface area contributed by atoms with Gasteiger partial charge < -0.3 is 15.0 Å². The summed E-state index contributed by atoms with van der Waals surface area (Å²) in [6, 6.07) is 9.21. The molecule has 0 aliphatic heterocycles. The summed E-state index contributed by atoms with van der Waals surface area (Å²) < 4.78 is 10.4. The number of nitrogens with zero attached hydrogens (tertiary/aromatic N) is 2. The topological polar surface area (TPSA) is 74.2 Å². The summed E-state index contributed by atoms with van der Waals surface area (Å²) in [4.78, 5) is 4.10. The standard InChI is InChI=1S/C11H13N3O2.ClH/c1-8(12)11-13-10(14-16-11)7-15-9-5-3-2-4-6-9;/h2-6,8H,7,12H2,1H3;1H/t8-;/m0./s1. The van der Waals surface area contributed by atoms with Crippen molar-refractivity contribution < 1.29 is 9.26 Å². The molecule has 1 aromatic carbocycles. The molecule has 0 unspecified atom stereocenters. The third kappa shape index (κ3) is 3.72. The van der Waals surface area contributed by atoms with Gasteiger partial charge in [-0.1, -0.05) is 23.4 Å². The fourth-order valence-electron chi connectivity index (χ4n) is 1.18. The molecule has 92 valence electrons. The maximum absolute atomic E-state index is 5.60. The molecule has 0 radical (unpaired) electrons. The van der Waals surface area contributed by atoms with Crippen molar-refractivity contribution in [2.45, 2.75) is 19.6 Å². The predicted molar refractivity (Wildman–Crippen MR) is 64.9 cm³/mol. The van der Waals surface area contributed by atoms with Gasteiger partial charge in [-0.05, 0) is 19.1 Å². The van der Waals surface area contributed by atoms with E-state index >= 15 is 0 Å². The van der Waals surface area contributed by atoms with Crippen LogP contribution in [0.5, 0.6) is 5.75 Å². The van der Waals surface area contributed by atoms with Crippen LogP contribution in [0.3, 0.4) is 0 Å². The van der Waals surface area contributed by atoms with E-state index in [4.69, 9.17) is 15.0 Å². The molecule has 0 spiro atoms. The lowest BCUT2D eigenvalue weighted by Crippen LogP contribution is -2.05. The summed E-state index contributed by atoms with van der Waals surface area (Å²) in [5.41, 5.74) is 5.60. The Hall–Kier alpha value is -1.59. The van der Waals surface area contributed by atoms with Gasteiger partial charge in [-0.25, -0.2) is 0 Å². The van der Waals surface area contributed by atoms with Crippen molar-refractivity contribution >= 4 is 12.4 Å². The number of rotatable bonds is 4. The van der Waals surface area contributed by atoms with Crippen molar-refractivity contribution in [3.8, 4) is 5.75 Å². The lowest BCUT2D eigenvalue weighted by Gasteiger charge is -2.01. The normalized spacial score (nSPS) is 11.6. The van der Waals surface area contributed by atoms with Gasteiger partial charge in [0.05, 0.1) is 6.04 Å². The summed E-state index contributed by atoms with van der Waals surface area (Å²) in [6.07, 6.45) is 0. The Morgan fingerprint density at radius 2 is 2.06 bits per heavy atom. The monoisotopic (exact) mass is 255 g/mol. The van der Waals surface area contributed by atoms with Crippen LogP contribution in [0.1, 0.15) is 24.7 Å². The molecule has 2 aromatic rings. The quantitative estimate of drug-likeness (QED) is 0.906. The molecule has 0 bridgehead atoms. The molecule has 0 saturated heterocycles. The fourth-order valence-corrected chi connectivity index (χ4v) is 1.18. The second-order valence-corrected chi connectivity index (χ2v) is 3.44. The highest BCUT2D eigenvalue weighted by atomic mass is 35.5. The lowest BCUT2D eigenvalue weighted by molar-refractivity contribution is 0.284. The summed E-state index contributed by atoms with van der Waals surface area (Å²) in [5.74, 6) is 1.69. The molecule has 2 rings (SSSR count). The summed E-state index contributed by atoms with van der Waals surface area (Å²) in [7, 11) is 0. The highest BCUT2D eigenvalue weighted by Crippen LogP contribution is 2.11. The second-order valence-electron chi connectivity index (χ2n) is 3.44. The highest BCUT2D eigenvalue weighted by Gasteiger charge is 2.10. The maximum atomic E-state index is 5.60.